The number of halogens is 1. The van der Waals surface area contributed by atoms with Crippen LogP contribution in [0.4, 0.5) is 5.69 Å². The largest absolute Gasteiger partial charge is 0.388 e. The number of pyridine rings is 1. The molecule has 17 heavy (non-hydrogen) atoms. The fourth-order valence-corrected chi connectivity index (χ4v) is 2.28. The lowest BCUT2D eigenvalue weighted by atomic mass is 10.1. The van der Waals surface area contributed by atoms with Gasteiger partial charge < -0.3 is 10.6 Å². The summed E-state index contributed by atoms with van der Waals surface area (Å²) in [7, 11) is 3.99. The standard InChI is InChI=1S/C12H12BrN3S/c1-16(2)7-3-4-8-9(5-7)11(12(14)17)15-6-10(8)13/h3-6H,1-2H3,(H2,14,17). The van der Waals surface area contributed by atoms with Crippen molar-refractivity contribution in [2.45, 2.75) is 0 Å². The Labute approximate surface area is 114 Å². The van der Waals surface area contributed by atoms with E-state index in [1.165, 1.54) is 0 Å². The summed E-state index contributed by atoms with van der Waals surface area (Å²) in [6.45, 7) is 0. The van der Waals surface area contributed by atoms with Gasteiger partial charge in [-0.1, -0.05) is 18.3 Å². The third-order valence-electron chi connectivity index (χ3n) is 2.57. The summed E-state index contributed by atoms with van der Waals surface area (Å²) in [5, 5.41) is 2.03. The Morgan fingerprint density at radius 1 is 1.35 bits per heavy atom. The van der Waals surface area contributed by atoms with Gasteiger partial charge in [0.2, 0.25) is 0 Å². The molecule has 0 saturated heterocycles. The molecule has 0 aliphatic carbocycles. The van der Waals surface area contributed by atoms with Gasteiger partial charge in [-0.3, -0.25) is 4.98 Å². The van der Waals surface area contributed by atoms with Crippen LogP contribution in [0.25, 0.3) is 10.8 Å². The summed E-state index contributed by atoms with van der Waals surface area (Å²) < 4.78 is 0.942. The fraction of sp³-hybridized carbons (Fsp3) is 0.167. The average molecular weight is 310 g/mol. The van der Waals surface area contributed by atoms with Crippen molar-refractivity contribution < 1.29 is 0 Å². The Balaban J connectivity index is 2.80. The first-order chi connectivity index (χ1) is 8.00. The molecule has 0 atom stereocenters. The Kier molecular flexibility index (Phi) is 3.31. The molecule has 0 fully saturated rings. The monoisotopic (exact) mass is 309 g/mol. The minimum atomic E-state index is 0.318. The molecule has 1 aromatic carbocycles. The van der Waals surface area contributed by atoms with E-state index in [9.17, 15) is 0 Å². The molecule has 0 bridgehead atoms. The fourth-order valence-electron chi connectivity index (χ4n) is 1.67. The van der Waals surface area contributed by atoms with E-state index in [1.807, 2.05) is 31.1 Å². The second-order valence-electron chi connectivity index (χ2n) is 3.94. The van der Waals surface area contributed by atoms with Crippen molar-refractivity contribution in [2.24, 2.45) is 5.73 Å². The average Bonchev–Trinajstić information content (AvgIpc) is 2.28. The number of benzene rings is 1. The molecular weight excluding hydrogens is 298 g/mol. The highest BCUT2D eigenvalue weighted by atomic mass is 79.9. The highest BCUT2D eigenvalue weighted by Crippen LogP contribution is 2.28. The lowest BCUT2D eigenvalue weighted by Gasteiger charge is -2.14. The van der Waals surface area contributed by atoms with Crippen LogP contribution < -0.4 is 10.6 Å². The lowest BCUT2D eigenvalue weighted by Crippen LogP contribution is -2.13. The third kappa shape index (κ3) is 2.25. The van der Waals surface area contributed by atoms with Gasteiger partial charge in [0, 0.05) is 35.8 Å². The van der Waals surface area contributed by atoms with E-state index in [0.717, 1.165) is 20.9 Å². The van der Waals surface area contributed by atoms with Crippen molar-refractivity contribution in [3.05, 3.63) is 34.6 Å². The maximum Gasteiger partial charge on any atom is 0.123 e. The molecule has 0 spiro atoms. The van der Waals surface area contributed by atoms with Gasteiger partial charge in [0.1, 0.15) is 10.7 Å². The van der Waals surface area contributed by atoms with Crippen LogP contribution in [0.3, 0.4) is 0 Å². The van der Waals surface area contributed by atoms with Gasteiger partial charge in [0.05, 0.1) is 0 Å². The number of nitrogens with two attached hydrogens (primary N) is 1. The van der Waals surface area contributed by atoms with Gasteiger partial charge in [-0.25, -0.2) is 0 Å². The maximum atomic E-state index is 5.70. The molecule has 88 valence electrons. The Bertz CT molecular complexity index is 596. The van der Waals surface area contributed by atoms with Crippen LogP contribution in [0.2, 0.25) is 0 Å². The molecule has 2 rings (SSSR count). The van der Waals surface area contributed by atoms with Crippen LogP contribution in [0, 0.1) is 0 Å². The number of aromatic nitrogens is 1. The molecule has 1 heterocycles. The molecule has 0 aliphatic rings. The summed E-state index contributed by atoms with van der Waals surface area (Å²) in [5.41, 5.74) is 7.46. The zero-order valence-corrected chi connectivity index (χ0v) is 12.0. The summed E-state index contributed by atoms with van der Waals surface area (Å²) in [5.74, 6) is 0. The van der Waals surface area contributed by atoms with Gasteiger partial charge in [-0.15, -0.1) is 0 Å². The normalized spacial score (nSPS) is 10.5. The van der Waals surface area contributed by atoms with Crippen LogP contribution in [0.1, 0.15) is 5.69 Å². The first-order valence-corrected chi connectivity index (χ1v) is 6.26. The molecule has 2 N–H and O–H groups in total. The SMILES string of the molecule is CN(C)c1ccc2c(Br)cnc(C(N)=S)c2c1. The number of nitrogens with zero attached hydrogens (tertiary/aromatic N) is 2. The number of rotatable bonds is 2. The highest BCUT2D eigenvalue weighted by molar-refractivity contribution is 9.10. The van der Waals surface area contributed by atoms with Crippen molar-refractivity contribution in [1.29, 1.82) is 0 Å². The Morgan fingerprint density at radius 3 is 2.65 bits per heavy atom. The summed E-state index contributed by atoms with van der Waals surface area (Å²) >= 11 is 8.51. The van der Waals surface area contributed by atoms with Crippen LogP contribution in [-0.2, 0) is 0 Å². The van der Waals surface area contributed by atoms with Crippen molar-refractivity contribution in [1.82, 2.24) is 4.98 Å². The van der Waals surface area contributed by atoms with E-state index in [2.05, 4.69) is 27.0 Å². The van der Waals surface area contributed by atoms with Gasteiger partial charge in [0.25, 0.3) is 0 Å². The Hall–Kier alpha value is -1.20. The minimum Gasteiger partial charge on any atom is -0.388 e. The quantitative estimate of drug-likeness (QED) is 0.866. The van der Waals surface area contributed by atoms with Crippen LogP contribution >= 0.6 is 28.1 Å². The number of anilines is 1. The number of fused-ring (bicyclic) bond motifs is 1. The van der Waals surface area contributed by atoms with Crippen LogP contribution in [-0.4, -0.2) is 24.1 Å². The minimum absolute atomic E-state index is 0.318. The van der Waals surface area contributed by atoms with Gasteiger partial charge in [-0.05, 0) is 33.4 Å². The van der Waals surface area contributed by atoms with Crippen LogP contribution in [0.5, 0.6) is 0 Å². The molecule has 0 unspecified atom stereocenters. The van der Waals surface area contributed by atoms with E-state index < -0.39 is 0 Å². The van der Waals surface area contributed by atoms with Crippen molar-refractivity contribution in [3.8, 4) is 0 Å². The van der Waals surface area contributed by atoms with E-state index in [1.54, 1.807) is 6.20 Å². The molecule has 2 aromatic rings. The number of thiocarbonyl (C=S) groups is 1. The first-order valence-electron chi connectivity index (χ1n) is 5.06. The highest BCUT2D eigenvalue weighted by Gasteiger charge is 2.09. The van der Waals surface area contributed by atoms with Gasteiger partial charge >= 0.3 is 0 Å². The van der Waals surface area contributed by atoms with Crippen molar-refractivity contribution in [2.75, 3.05) is 19.0 Å². The van der Waals surface area contributed by atoms with Crippen molar-refractivity contribution >= 4 is 49.6 Å². The summed E-state index contributed by atoms with van der Waals surface area (Å²) in [6, 6.07) is 6.14. The molecule has 1 aromatic heterocycles. The zero-order chi connectivity index (χ0) is 12.6. The molecule has 0 aliphatic heterocycles. The first kappa shape index (κ1) is 12.3. The van der Waals surface area contributed by atoms with Gasteiger partial charge in [-0.2, -0.15) is 0 Å². The van der Waals surface area contributed by atoms with Crippen LogP contribution in [0.15, 0.2) is 28.9 Å². The molecule has 5 heteroatoms. The second kappa shape index (κ2) is 4.58. The summed E-state index contributed by atoms with van der Waals surface area (Å²) in [6.07, 6.45) is 1.73. The number of hydrogen-bond acceptors (Lipinski definition) is 3. The van der Waals surface area contributed by atoms with Gasteiger partial charge in [0.15, 0.2) is 0 Å². The number of hydrogen-bond donors (Lipinski definition) is 1. The molecular formula is C12H12BrN3S. The molecule has 0 amide bonds. The molecule has 0 saturated carbocycles. The predicted molar refractivity (Wildman–Crippen MR) is 79.7 cm³/mol. The van der Waals surface area contributed by atoms with E-state index in [0.29, 0.717) is 10.7 Å². The predicted octanol–water partition coefficient (Wildman–Crippen LogP) is 2.70. The lowest BCUT2D eigenvalue weighted by molar-refractivity contribution is 1.13. The Morgan fingerprint density at radius 2 is 2.06 bits per heavy atom. The smallest absolute Gasteiger partial charge is 0.123 e. The topological polar surface area (TPSA) is 42.2 Å². The van der Waals surface area contributed by atoms with E-state index >= 15 is 0 Å². The van der Waals surface area contributed by atoms with Crippen molar-refractivity contribution in [3.63, 3.8) is 0 Å². The molecule has 0 radical (unpaired) electrons. The molecule has 3 nitrogen and oxygen atoms in total. The van der Waals surface area contributed by atoms with E-state index in [4.69, 9.17) is 18.0 Å². The zero-order valence-electron chi connectivity index (χ0n) is 9.57. The summed E-state index contributed by atoms with van der Waals surface area (Å²) in [4.78, 5) is 6.62. The second-order valence-corrected chi connectivity index (χ2v) is 5.24. The maximum absolute atomic E-state index is 5.70. The van der Waals surface area contributed by atoms with E-state index in [-0.39, 0.29) is 0 Å². The third-order valence-corrected chi connectivity index (χ3v) is 3.40.